The molecule has 1 aromatic heterocycles. The molecule has 0 bridgehead atoms. The lowest BCUT2D eigenvalue weighted by atomic mass is 9.77. The Kier molecular flexibility index (Phi) is 3.84. The van der Waals surface area contributed by atoms with Crippen LogP contribution in [0.5, 0.6) is 0 Å². The third kappa shape index (κ3) is 2.02. The molecule has 0 aliphatic heterocycles. The summed E-state index contributed by atoms with van der Waals surface area (Å²) in [6.45, 7) is 7.39. The molecule has 0 saturated carbocycles. The third-order valence-electron chi connectivity index (χ3n) is 2.34. The zero-order valence-electron chi connectivity index (χ0n) is 8.11. The van der Waals surface area contributed by atoms with Crippen LogP contribution in [0.15, 0.2) is 42.1 Å². The first-order valence-corrected chi connectivity index (χ1v) is 5.44. The van der Waals surface area contributed by atoms with Crippen molar-refractivity contribution in [2.75, 3.05) is 0 Å². The number of hydrogen-bond acceptors (Lipinski definition) is 2. The maximum atomic E-state index is 11.2. The third-order valence-corrected chi connectivity index (χ3v) is 3.02. The van der Waals surface area contributed by atoms with Gasteiger partial charge in [0.1, 0.15) is 6.29 Å². The van der Waals surface area contributed by atoms with Gasteiger partial charge in [0, 0.05) is 0 Å². The van der Waals surface area contributed by atoms with Crippen molar-refractivity contribution in [3.8, 4) is 0 Å². The first-order chi connectivity index (χ1) is 6.79. The van der Waals surface area contributed by atoms with E-state index in [-0.39, 0.29) is 0 Å². The van der Waals surface area contributed by atoms with Crippen molar-refractivity contribution in [1.82, 2.24) is 0 Å². The van der Waals surface area contributed by atoms with E-state index >= 15 is 0 Å². The van der Waals surface area contributed by atoms with Gasteiger partial charge in [-0.1, -0.05) is 12.2 Å². The Balaban J connectivity index is 3.05. The van der Waals surface area contributed by atoms with Gasteiger partial charge in [0.2, 0.25) is 0 Å². The summed E-state index contributed by atoms with van der Waals surface area (Å²) in [5, 5.41) is 4.00. The maximum absolute atomic E-state index is 11.2. The zero-order chi connectivity index (χ0) is 10.4. The summed E-state index contributed by atoms with van der Waals surface area (Å²) in [5.41, 5.74) is 0.626. The Morgan fingerprint density at radius 1 is 1.36 bits per heavy atom. The summed E-state index contributed by atoms with van der Waals surface area (Å²) >= 11 is 1.61. The van der Waals surface area contributed by atoms with Crippen LogP contribution in [0.3, 0.4) is 0 Å². The van der Waals surface area contributed by atoms with Crippen LogP contribution in [0.4, 0.5) is 0 Å². The Morgan fingerprint density at radius 3 is 2.36 bits per heavy atom. The topological polar surface area (TPSA) is 17.1 Å². The highest BCUT2D eigenvalue weighted by Gasteiger charge is 2.29. The van der Waals surface area contributed by atoms with Crippen LogP contribution in [-0.2, 0) is 10.2 Å². The molecule has 0 saturated heterocycles. The highest BCUT2D eigenvalue weighted by molar-refractivity contribution is 7.08. The minimum Gasteiger partial charge on any atom is -0.302 e. The van der Waals surface area contributed by atoms with Gasteiger partial charge >= 0.3 is 0 Å². The molecule has 0 aromatic carbocycles. The SMILES string of the molecule is C=CCC(C=O)(CC=C)c1ccsc1. The summed E-state index contributed by atoms with van der Waals surface area (Å²) in [6.07, 6.45) is 5.92. The van der Waals surface area contributed by atoms with E-state index in [1.54, 1.807) is 23.5 Å². The first kappa shape index (κ1) is 10.9. The lowest BCUT2D eigenvalue weighted by molar-refractivity contribution is -0.112. The molecule has 0 unspecified atom stereocenters. The number of aldehydes is 1. The molecular formula is C12H14OS. The van der Waals surface area contributed by atoms with Crippen LogP contribution in [0.25, 0.3) is 0 Å². The highest BCUT2D eigenvalue weighted by atomic mass is 32.1. The van der Waals surface area contributed by atoms with Crippen LogP contribution in [-0.4, -0.2) is 6.29 Å². The predicted molar refractivity (Wildman–Crippen MR) is 61.7 cm³/mol. The van der Waals surface area contributed by atoms with Crippen molar-refractivity contribution in [3.63, 3.8) is 0 Å². The van der Waals surface area contributed by atoms with Gasteiger partial charge < -0.3 is 4.79 Å². The standard InChI is InChI=1S/C12H14OS/c1-3-6-12(10-13,7-4-2)11-5-8-14-9-11/h3-5,8-10H,1-2,6-7H2. The first-order valence-electron chi connectivity index (χ1n) is 4.50. The molecule has 1 nitrogen and oxygen atoms in total. The minimum atomic E-state index is -0.441. The molecule has 1 rings (SSSR count). The average Bonchev–Trinajstić information content (AvgIpc) is 2.70. The summed E-state index contributed by atoms with van der Waals surface area (Å²) < 4.78 is 0. The zero-order valence-corrected chi connectivity index (χ0v) is 8.93. The van der Waals surface area contributed by atoms with Crippen LogP contribution >= 0.6 is 11.3 Å². The molecule has 2 heteroatoms. The fraction of sp³-hybridized carbons (Fsp3) is 0.250. The van der Waals surface area contributed by atoms with Crippen LogP contribution in [0.1, 0.15) is 18.4 Å². The van der Waals surface area contributed by atoms with E-state index < -0.39 is 5.41 Å². The normalized spacial score (nSPS) is 10.9. The van der Waals surface area contributed by atoms with Crippen molar-refractivity contribution in [2.45, 2.75) is 18.3 Å². The molecule has 0 aliphatic carbocycles. The number of carbonyl (C=O) groups excluding carboxylic acids is 1. The minimum absolute atomic E-state index is 0.441. The molecular weight excluding hydrogens is 192 g/mol. The van der Waals surface area contributed by atoms with Crippen molar-refractivity contribution in [1.29, 1.82) is 0 Å². The second-order valence-corrected chi connectivity index (χ2v) is 4.05. The molecule has 14 heavy (non-hydrogen) atoms. The van der Waals surface area contributed by atoms with Gasteiger partial charge in [-0.05, 0) is 35.2 Å². The Labute approximate surface area is 88.8 Å². The maximum Gasteiger partial charge on any atom is 0.131 e. The van der Waals surface area contributed by atoms with E-state index in [2.05, 4.69) is 13.2 Å². The quantitative estimate of drug-likeness (QED) is 0.515. The number of hydrogen-bond donors (Lipinski definition) is 0. The Bertz CT molecular complexity index is 301. The van der Waals surface area contributed by atoms with E-state index in [0.717, 1.165) is 11.8 Å². The molecule has 0 spiro atoms. The number of rotatable bonds is 6. The summed E-state index contributed by atoms with van der Waals surface area (Å²) in [4.78, 5) is 11.2. The van der Waals surface area contributed by atoms with Gasteiger partial charge in [-0.15, -0.1) is 13.2 Å². The largest absolute Gasteiger partial charge is 0.302 e. The summed E-state index contributed by atoms with van der Waals surface area (Å²) in [5.74, 6) is 0. The van der Waals surface area contributed by atoms with Crippen molar-refractivity contribution in [2.24, 2.45) is 0 Å². The predicted octanol–water partition coefficient (Wildman–Crippen LogP) is 3.34. The molecule has 0 atom stereocenters. The van der Waals surface area contributed by atoms with Crippen LogP contribution in [0, 0.1) is 0 Å². The summed E-state index contributed by atoms with van der Waals surface area (Å²) in [6, 6.07) is 1.99. The van der Waals surface area contributed by atoms with Crippen LogP contribution < -0.4 is 0 Å². The van der Waals surface area contributed by atoms with Crippen molar-refractivity contribution < 1.29 is 4.79 Å². The lowest BCUT2D eigenvalue weighted by Gasteiger charge is -2.24. The molecule has 1 aromatic rings. The van der Waals surface area contributed by atoms with Gasteiger partial charge in [0.15, 0.2) is 0 Å². The molecule has 0 fully saturated rings. The monoisotopic (exact) mass is 206 g/mol. The van der Waals surface area contributed by atoms with Gasteiger partial charge in [0.05, 0.1) is 5.41 Å². The summed E-state index contributed by atoms with van der Waals surface area (Å²) in [7, 11) is 0. The van der Waals surface area contributed by atoms with Gasteiger partial charge in [-0.3, -0.25) is 0 Å². The van der Waals surface area contributed by atoms with E-state index in [0.29, 0.717) is 12.8 Å². The lowest BCUT2D eigenvalue weighted by Crippen LogP contribution is -2.26. The van der Waals surface area contributed by atoms with Crippen LogP contribution in [0.2, 0.25) is 0 Å². The van der Waals surface area contributed by atoms with E-state index in [1.165, 1.54) is 0 Å². The van der Waals surface area contributed by atoms with Gasteiger partial charge in [0.25, 0.3) is 0 Å². The number of carbonyl (C=O) groups is 1. The number of thiophene rings is 1. The smallest absolute Gasteiger partial charge is 0.131 e. The second kappa shape index (κ2) is 4.91. The van der Waals surface area contributed by atoms with E-state index in [9.17, 15) is 4.79 Å². The van der Waals surface area contributed by atoms with Crippen molar-refractivity contribution >= 4 is 17.6 Å². The fourth-order valence-electron chi connectivity index (χ4n) is 1.55. The molecule has 0 amide bonds. The molecule has 0 aliphatic rings. The Morgan fingerprint density at radius 2 is 2.00 bits per heavy atom. The van der Waals surface area contributed by atoms with Gasteiger partial charge in [-0.25, -0.2) is 0 Å². The Hall–Kier alpha value is -1.15. The second-order valence-electron chi connectivity index (χ2n) is 3.27. The van der Waals surface area contributed by atoms with Crippen molar-refractivity contribution in [3.05, 3.63) is 47.7 Å². The van der Waals surface area contributed by atoms with E-state index in [4.69, 9.17) is 0 Å². The molecule has 0 N–H and O–H groups in total. The van der Waals surface area contributed by atoms with Gasteiger partial charge in [-0.2, -0.15) is 11.3 Å². The molecule has 74 valence electrons. The fourth-order valence-corrected chi connectivity index (χ4v) is 2.31. The van der Waals surface area contributed by atoms with E-state index in [1.807, 2.05) is 16.8 Å². The number of allylic oxidation sites excluding steroid dienone is 2. The average molecular weight is 206 g/mol. The highest BCUT2D eigenvalue weighted by Crippen LogP contribution is 2.32. The molecule has 0 radical (unpaired) electrons. The molecule has 1 heterocycles.